The number of aromatic nitrogens is 2. The van der Waals surface area contributed by atoms with E-state index in [1.54, 1.807) is 24.3 Å². The molecule has 28 heavy (non-hydrogen) atoms. The van der Waals surface area contributed by atoms with Crippen LogP contribution < -0.4 is 16.6 Å². The summed E-state index contributed by atoms with van der Waals surface area (Å²) >= 11 is 0. The van der Waals surface area contributed by atoms with Crippen molar-refractivity contribution in [1.82, 2.24) is 14.5 Å². The fraction of sp³-hybridized carbons (Fsp3) is 0.318. The van der Waals surface area contributed by atoms with E-state index in [1.807, 2.05) is 25.1 Å². The molecule has 144 valence electrons. The minimum atomic E-state index is -0.437. The van der Waals surface area contributed by atoms with Crippen LogP contribution >= 0.6 is 0 Å². The van der Waals surface area contributed by atoms with Gasteiger partial charge in [0.05, 0.1) is 16.9 Å². The van der Waals surface area contributed by atoms with Crippen molar-refractivity contribution in [3.63, 3.8) is 0 Å². The van der Waals surface area contributed by atoms with Gasteiger partial charge in [-0.15, -0.1) is 0 Å². The number of carbonyl (C=O) groups is 1. The van der Waals surface area contributed by atoms with Gasteiger partial charge in [0.1, 0.15) is 6.54 Å². The quantitative estimate of drug-likeness (QED) is 0.742. The Morgan fingerprint density at radius 1 is 1.07 bits per heavy atom. The molecule has 0 spiro atoms. The van der Waals surface area contributed by atoms with E-state index in [4.69, 9.17) is 0 Å². The third-order valence-corrected chi connectivity index (χ3v) is 5.35. The first-order valence-electron chi connectivity index (χ1n) is 9.69. The van der Waals surface area contributed by atoms with E-state index in [0.717, 1.165) is 18.4 Å². The number of benzene rings is 2. The van der Waals surface area contributed by atoms with Gasteiger partial charge in [-0.3, -0.25) is 18.7 Å². The van der Waals surface area contributed by atoms with Gasteiger partial charge >= 0.3 is 5.69 Å². The molecule has 1 aliphatic carbocycles. The van der Waals surface area contributed by atoms with Gasteiger partial charge in [0, 0.05) is 6.54 Å². The van der Waals surface area contributed by atoms with E-state index < -0.39 is 5.69 Å². The van der Waals surface area contributed by atoms with Crippen LogP contribution in [0.3, 0.4) is 0 Å². The predicted molar refractivity (Wildman–Crippen MR) is 108 cm³/mol. The Bertz CT molecular complexity index is 1160. The standard InChI is InChI=1S/C22H23N3O3/c1-2-13-24-21(27)17-9-5-6-10-19(17)25(22(24)28)14-20(26)23-18-12-11-15-7-3-4-8-16(15)18/h3-10,18H,2,11-14H2,1H3,(H,23,26)/t18-/m0/s1. The van der Waals surface area contributed by atoms with Crippen molar-refractivity contribution >= 4 is 16.8 Å². The van der Waals surface area contributed by atoms with Crippen molar-refractivity contribution in [2.45, 2.75) is 45.3 Å². The molecule has 0 fully saturated rings. The van der Waals surface area contributed by atoms with Crippen LogP contribution in [0.1, 0.15) is 36.9 Å². The number of rotatable bonds is 5. The summed E-state index contributed by atoms with van der Waals surface area (Å²) in [6.07, 6.45) is 2.46. The minimum absolute atomic E-state index is 0.0350. The lowest BCUT2D eigenvalue weighted by atomic mass is 10.1. The highest BCUT2D eigenvalue weighted by atomic mass is 16.2. The average Bonchev–Trinajstić information content (AvgIpc) is 3.11. The first-order valence-corrected chi connectivity index (χ1v) is 9.69. The minimum Gasteiger partial charge on any atom is -0.348 e. The lowest BCUT2D eigenvalue weighted by Crippen LogP contribution is -2.43. The van der Waals surface area contributed by atoms with Crippen molar-refractivity contribution in [1.29, 1.82) is 0 Å². The zero-order valence-electron chi connectivity index (χ0n) is 15.9. The maximum absolute atomic E-state index is 12.9. The van der Waals surface area contributed by atoms with E-state index >= 15 is 0 Å². The molecule has 0 bridgehead atoms. The second-order valence-corrected chi connectivity index (χ2v) is 7.20. The Morgan fingerprint density at radius 3 is 2.64 bits per heavy atom. The van der Waals surface area contributed by atoms with Crippen LogP contribution in [0.4, 0.5) is 0 Å². The van der Waals surface area contributed by atoms with E-state index in [1.165, 1.54) is 14.7 Å². The Labute approximate surface area is 162 Å². The normalized spacial score (nSPS) is 15.5. The van der Waals surface area contributed by atoms with Crippen LogP contribution in [-0.2, 0) is 24.3 Å². The molecule has 0 aliphatic heterocycles. The maximum atomic E-state index is 12.9. The summed E-state index contributed by atoms with van der Waals surface area (Å²) in [6, 6.07) is 15.0. The van der Waals surface area contributed by atoms with Crippen LogP contribution in [0.15, 0.2) is 58.1 Å². The molecular weight excluding hydrogens is 354 g/mol. The number of nitrogens with one attached hydrogen (secondary N) is 1. The number of aryl methyl sites for hydroxylation is 1. The number of carbonyl (C=O) groups excluding carboxylic acids is 1. The molecule has 1 aromatic heterocycles. The maximum Gasteiger partial charge on any atom is 0.331 e. The molecular formula is C22H23N3O3. The van der Waals surface area contributed by atoms with E-state index in [0.29, 0.717) is 23.9 Å². The Balaban J connectivity index is 1.67. The molecule has 0 radical (unpaired) electrons. The van der Waals surface area contributed by atoms with Crippen molar-refractivity contribution in [2.24, 2.45) is 0 Å². The lowest BCUT2D eigenvalue weighted by molar-refractivity contribution is -0.122. The van der Waals surface area contributed by atoms with Gasteiger partial charge in [0.25, 0.3) is 5.56 Å². The SMILES string of the molecule is CCCn1c(=O)c2ccccc2n(CC(=O)N[C@H]2CCc3ccccc32)c1=O. The Kier molecular flexibility index (Phi) is 4.86. The second kappa shape index (κ2) is 7.46. The largest absolute Gasteiger partial charge is 0.348 e. The lowest BCUT2D eigenvalue weighted by Gasteiger charge is -2.17. The van der Waals surface area contributed by atoms with Crippen LogP contribution in [0.2, 0.25) is 0 Å². The van der Waals surface area contributed by atoms with Gasteiger partial charge in [-0.25, -0.2) is 4.79 Å². The summed E-state index contributed by atoms with van der Waals surface area (Å²) in [5.41, 5.74) is 2.15. The molecule has 1 amide bonds. The molecule has 1 atom stereocenters. The van der Waals surface area contributed by atoms with Crippen LogP contribution in [-0.4, -0.2) is 15.0 Å². The summed E-state index contributed by atoms with van der Waals surface area (Å²) in [5, 5.41) is 3.51. The van der Waals surface area contributed by atoms with Gasteiger partial charge in [0.2, 0.25) is 5.91 Å². The summed E-state index contributed by atoms with van der Waals surface area (Å²) < 4.78 is 2.63. The van der Waals surface area contributed by atoms with Crippen molar-refractivity contribution in [3.05, 3.63) is 80.5 Å². The second-order valence-electron chi connectivity index (χ2n) is 7.20. The number of hydrogen-bond donors (Lipinski definition) is 1. The van der Waals surface area contributed by atoms with E-state index in [2.05, 4.69) is 11.4 Å². The fourth-order valence-corrected chi connectivity index (χ4v) is 4.04. The highest BCUT2D eigenvalue weighted by molar-refractivity contribution is 5.82. The van der Waals surface area contributed by atoms with Gasteiger partial charge in [-0.2, -0.15) is 0 Å². The van der Waals surface area contributed by atoms with Crippen LogP contribution in [0.5, 0.6) is 0 Å². The van der Waals surface area contributed by atoms with Crippen molar-refractivity contribution in [3.8, 4) is 0 Å². The van der Waals surface area contributed by atoms with Gasteiger partial charge < -0.3 is 5.32 Å². The highest BCUT2D eigenvalue weighted by Gasteiger charge is 2.24. The average molecular weight is 377 g/mol. The smallest absolute Gasteiger partial charge is 0.331 e. The Morgan fingerprint density at radius 2 is 1.82 bits per heavy atom. The number of hydrogen-bond acceptors (Lipinski definition) is 3. The molecule has 1 aliphatic rings. The highest BCUT2D eigenvalue weighted by Crippen LogP contribution is 2.30. The number of para-hydroxylation sites is 1. The molecule has 2 aromatic carbocycles. The fourth-order valence-electron chi connectivity index (χ4n) is 4.04. The molecule has 6 nitrogen and oxygen atoms in total. The predicted octanol–water partition coefficient (Wildman–Crippen LogP) is 2.38. The van der Waals surface area contributed by atoms with Crippen molar-refractivity contribution < 1.29 is 4.79 Å². The molecule has 1 heterocycles. The van der Waals surface area contributed by atoms with E-state index in [9.17, 15) is 14.4 Å². The molecule has 0 saturated heterocycles. The first kappa shape index (κ1) is 18.2. The summed E-state index contributed by atoms with van der Waals surface area (Å²) in [5.74, 6) is -0.226. The third kappa shape index (κ3) is 3.15. The van der Waals surface area contributed by atoms with Gasteiger partial charge in [-0.05, 0) is 42.5 Å². The zero-order chi connectivity index (χ0) is 19.7. The molecule has 4 rings (SSSR count). The number of nitrogens with zero attached hydrogens (tertiary/aromatic N) is 2. The summed E-state index contributed by atoms with van der Waals surface area (Å²) in [6.45, 7) is 2.14. The van der Waals surface area contributed by atoms with Gasteiger partial charge in [0.15, 0.2) is 0 Å². The molecule has 3 aromatic rings. The van der Waals surface area contributed by atoms with Crippen LogP contribution in [0.25, 0.3) is 10.9 Å². The summed E-state index contributed by atoms with van der Waals surface area (Å²) in [4.78, 5) is 38.3. The molecule has 0 saturated carbocycles. The van der Waals surface area contributed by atoms with E-state index in [-0.39, 0.29) is 24.1 Å². The zero-order valence-corrected chi connectivity index (χ0v) is 15.9. The molecule has 6 heteroatoms. The summed E-state index contributed by atoms with van der Waals surface area (Å²) in [7, 11) is 0. The number of amides is 1. The first-order chi connectivity index (χ1) is 13.6. The molecule has 0 unspecified atom stereocenters. The third-order valence-electron chi connectivity index (χ3n) is 5.35. The van der Waals surface area contributed by atoms with Gasteiger partial charge in [-0.1, -0.05) is 43.3 Å². The monoisotopic (exact) mass is 377 g/mol. The van der Waals surface area contributed by atoms with Crippen LogP contribution in [0, 0.1) is 0 Å². The van der Waals surface area contributed by atoms with Crippen molar-refractivity contribution in [2.75, 3.05) is 0 Å². The molecule has 1 N–H and O–H groups in total. The topological polar surface area (TPSA) is 73.1 Å². The number of fused-ring (bicyclic) bond motifs is 2. The Hall–Kier alpha value is -3.15.